The summed E-state index contributed by atoms with van der Waals surface area (Å²) in [4.78, 5) is 10.4. The standard InChI is InChI=1S/C13H15ClN4/c1-18(2)13-15-8-7-12(17-13)16-9-10-5-3-4-6-11(10)14/h3-8H,9H2,1-2H3,(H,15,16,17). The third kappa shape index (κ3) is 3.11. The molecule has 0 saturated heterocycles. The van der Waals surface area contributed by atoms with Crippen molar-refractivity contribution in [3.8, 4) is 0 Å². The van der Waals surface area contributed by atoms with Crippen molar-refractivity contribution in [2.75, 3.05) is 24.3 Å². The van der Waals surface area contributed by atoms with E-state index in [0.717, 1.165) is 16.4 Å². The molecule has 1 N–H and O–H groups in total. The second kappa shape index (κ2) is 5.69. The molecule has 0 saturated carbocycles. The summed E-state index contributed by atoms with van der Waals surface area (Å²) < 4.78 is 0. The van der Waals surface area contributed by atoms with Crippen LogP contribution in [0.15, 0.2) is 36.5 Å². The first kappa shape index (κ1) is 12.6. The van der Waals surface area contributed by atoms with Crippen molar-refractivity contribution in [2.24, 2.45) is 0 Å². The molecule has 0 radical (unpaired) electrons. The highest BCUT2D eigenvalue weighted by atomic mass is 35.5. The largest absolute Gasteiger partial charge is 0.366 e. The van der Waals surface area contributed by atoms with E-state index in [1.54, 1.807) is 6.20 Å². The van der Waals surface area contributed by atoms with Gasteiger partial charge in [0.1, 0.15) is 5.82 Å². The van der Waals surface area contributed by atoms with Crippen LogP contribution in [-0.2, 0) is 6.54 Å². The Bertz CT molecular complexity index is 528. The summed E-state index contributed by atoms with van der Waals surface area (Å²) in [5, 5.41) is 3.99. The first-order chi connectivity index (χ1) is 8.66. The fourth-order valence-electron chi connectivity index (χ4n) is 1.49. The lowest BCUT2D eigenvalue weighted by Gasteiger charge is -2.12. The Kier molecular flexibility index (Phi) is 3.99. The molecule has 5 heteroatoms. The van der Waals surface area contributed by atoms with Crippen LogP contribution in [0.3, 0.4) is 0 Å². The van der Waals surface area contributed by atoms with Gasteiger partial charge in [-0.05, 0) is 17.7 Å². The number of nitrogens with one attached hydrogen (secondary N) is 1. The maximum Gasteiger partial charge on any atom is 0.226 e. The van der Waals surface area contributed by atoms with E-state index >= 15 is 0 Å². The van der Waals surface area contributed by atoms with Crippen molar-refractivity contribution in [1.82, 2.24) is 9.97 Å². The van der Waals surface area contributed by atoms with Crippen LogP contribution in [-0.4, -0.2) is 24.1 Å². The maximum atomic E-state index is 6.09. The summed E-state index contributed by atoms with van der Waals surface area (Å²) in [6, 6.07) is 9.59. The van der Waals surface area contributed by atoms with Gasteiger partial charge < -0.3 is 10.2 Å². The SMILES string of the molecule is CN(C)c1nccc(NCc2ccccc2Cl)n1. The van der Waals surface area contributed by atoms with E-state index in [1.165, 1.54) is 0 Å². The van der Waals surface area contributed by atoms with Gasteiger partial charge in [0.2, 0.25) is 5.95 Å². The van der Waals surface area contributed by atoms with Crippen LogP contribution in [0.2, 0.25) is 5.02 Å². The Balaban J connectivity index is 2.07. The van der Waals surface area contributed by atoms with Crippen molar-refractivity contribution < 1.29 is 0 Å². The van der Waals surface area contributed by atoms with E-state index < -0.39 is 0 Å². The Morgan fingerprint density at radius 2 is 2.00 bits per heavy atom. The molecule has 94 valence electrons. The average Bonchev–Trinajstić information content (AvgIpc) is 2.38. The molecule has 18 heavy (non-hydrogen) atoms. The Morgan fingerprint density at radius 3 is 2.72 bits per heavy atom. The highest BCUT2D eigenvalue weighted by Gasteiger charge is 2.02. The second-order valence-electron chi connectivity index (χ2n) is 4.08. The molecule has 0 aliphatic heterocycles. The summed E-state index contributed by atoms with van der Waals surface area (Å²) in [7, 11) is 3.82. The number of nitrogens with zero attached hydrogens (tertiary/aromatic N) is 3. The van der Waals surface area contributed by atoms with Crippen molar-refractivity contribution in [3.05, 3.63) is 47.1 Å². The van der Waals surface area contributed by atoms with Gasteiger partial charge in [0.15, 0.2) is 0 Å². The van der Waals surface area contributed by atoms with Gasteiger partial charge in [0, 0.05) is 31.9 Å². The van der Waals surface area contributed by atoms with Crippen LogP contribution < -0.4 is 10.2 Å². The number of benzene rings is 1. The fourth-order valence-corrected chi connectivity index (χ4v) is 1.69. The predicted molar refractivity (Wildman–Crippen MR) is 75.1 cm³/mol. The van der Waals surface area contributed by atoms with Gasteiger partial charge >= 0.3 is 0 Å². The minimum absolute atomic E-state index is 0.642. The average molecular weight is 263 g/mol. The lowest BCUT2D eigenvalue weighted by Crippen LogP contribution is -2.13. The fraction of sp³-hybridized carbons (Fsp3) is 0.231. The lowest BCUT2D eigenvalue weighted by molar-refractivity contribution is 0.988. The van der Waals surface area contributed by atoms with Crippen molar-refractivity contribution in [2.45, 2.75) is 6.54 Å². The zero-order valence-corrected chi connectivity index (χ0v) is 11.1. The summed E-state index contributed by atoms with van der Waals surface area (Å²) in [5.74, 6) is 1.47. The Morgan fingerprint density at radius 1 is 1.22 bits per heavy atom. The van der Waals surface area contributed by atoms with Gasteiger partial charge in [-0.1, -0.05) is 29.8 Å². The molecule has 2 rings (SSSR count). The number of hydrogen-bond acceptors (Lipinski definition) is 4. The van der Waals surface area contributed by atoms with Gasteiger partial charge in [-0.25, -0.2) is 4.98 Å². The summed E-state index contributed by atoms with van der Waals surface area (Å²) in [5.41, 5.74) is 1.05. The number of rotatable bonds is 4. The summed E-state index contributed by atoms with van der Waals surface area (Å²) >= 11 is 6.09. The van der Waals surface area contributed by atoms with E-state index in [0.29, 0.717) is 12.5 Å². The number of hydrogen-bond donors (Lipinski definition) is 1. The number of halogens is 1. The zero-order valence-electron chi connectivity index (χ0n) is 10.4. The second-order valence-corrected chi connectivity index (χ2v) is 4.49. The summed E-state index contributed by atoms with van der Waals surface area (Å²) in [6.07, 6.45) is 1.73. The minimum Gasteiger partial charge on any atom is -0.366 e. The third-order valence-electron chi connectivity index (χ3n) is 2.46. The first-order valence-corrected chi connectivity index (χ1v) is 6.02. The quantitative estimate of drug-likeness (QED) is 0.920. The third-order valence-corrected chi connectivity index (χ3v) is 2.83. The van der Waals surface area contributed by atoms with E-state index in [2.05, 4.69) is 15.3 Å². The van der Waals surface area contributed by atoms with Crippen molar-refractivity contribution >= 4 is 23.4 Å². The molecule has 0 spiro atoms. The van der Waals surface area contributed by atoms with Crippen molar-refractivity contribution in [3.63, 3.8) is 0 Å². The first-order valence-electron chi connectivity index (χ1n) is 5.64. The minimum atomic E-state index is 0.642. The molecular weight excluding hydrogens is 248 g/mol. The van der Waals surface area contributed by atoms with Crippen LogP contribution in [0.25, 0.3) is 0 Å². The maximum absolute atomic E-state index is 6.09. The van der Waals surface area contributed by atoms with E-state index in [4.69, 9.17) is 11.6 Å². The van der Waals surface area contributed by atoms with Crippen LogP contribution in [0.5, 0.6) is 0 Å². The lowest BCUT2D eigenvalue weighted by atomic mass is 10.2. The predicted octanol–water partition coefficient (Wildman–Crippen LogP) is 2.81. The smallest absolute Gasteiger partial charge is 0.226 e. The van der Waals surface area contributed by atoms with Gasteiger partial charge in [-0.3, -0.25) is 0 Å². The van der Waals surface area contributed by atoms with Crippen LogP contribution in [0, 0.1) is 0 Å². The normalized spacial score (nSPS) is 10.2. The van der Waals surface area contributed by atoms with Crippen molar-refractivity contribution in [1.29, 1.82) is 0 Å². The molecule has 0 aliphatic carbocycles. The molecular formula is C13H15ClN4. The van der Waals surface area contributed by atoms with Gasteiger partial charge in [-0.15, -0.1) is 0 Å². The molecule has 2 aromatic rings. The Hall–Kier alpha value is -1.81. The topological polar surface area (TPSA) is 41.1 Å². The van der Waals surface area contributed by atoms with Gasteiger partial charge in [0.25, 0.3) is 0 Å². The van der Waals surface area contributed by atoms with Crippen LogP contribution in [0.4, 0.5) is 11.8 Å². The summed E-state index contributed by atoms with van der Waals surface area (Å²) in [6.45, 7) is 0.642. The Labute approximate surface area is 112 Å². The molecule has 1 aromatic carbocycles. The van der Waals surface area contributed by atoms with Gasteiger partial charge in [0.05, 0.1) is 0 Å². The van der Waals surface area contributed by atoms with E-state index in [9.17, 15) is 0 Å². The zero-order chi connectivity index (χ0) is 13.0. The molecule has 0 amide bonds. The van der Waals surface area contributed by atoms with E-state index in [1.807, 2.05) is 49.3 Å². The van der Waals surface area contributed by atoms with Crippen LogP contribution in [0.1, 0.15) is 5.56 Å². The highest BCUT2D eigenvalue weighted by molar-refractivity contribution is 6.31. The number of aromatic nitrogens is 2. The van der Waals surface area contributed by atoms with E-state index in [-0.39, 0.29) is 0 Å². The van der Waals surface area contributed by atoms with Gasteiger partial charge in [-0.2, -0.15) is 4.98 Å². The molecule has 0 aliphatic rings. The molecule has 4 nitrogen and oxygen atoms in total. The monoisotopic (exact) mass is 262 g/mol. The molecule has 0 bridgehead atoms. The molecule has 0 fully saturated rings. The molecule has 1 aromatic heterocycles. The molecule has 1 heterocycles. The van der Waals surface area contributed by atoms with Crippen LogP contribution >= 0.6 is 11.6 Å². The molecule has 0 atom stereocenters. The molecule has 0 unspecified atom stereocenters. The highest BCUT2D eigenvalue weighted by Crippen LogP contribution is 2.16. The number of anilines is 2.